The molecular weight excluding hydrogens is 304 g/mol. The lowest BCUT2D eigenvalue weighted by molar-refractivity contribution is 0.0382. The van der Waals surface area contributed by atoms with Crippen molar-refractivity contribution >= 4 is 5.91 Å². The molecule has 4 rings (SSSR count). The maximum atomic E-state index is 12.3. The van der Waals surface area contributed by atoms with Crippen molar-refractivity contribution in [1.82, 2.24) is 20.1 Å². The molecule has 0 aromatic carbocycles. The second kappa shape index (κ2) is 6.36. The first-order valence-electron chi connectivity index (χ1n) is 8.59. The van der Waals surface area contributed by atoms with Gasteiger partial charge in [-0.25, -0.2) is 4.98 Å². The first-order valence-corrected chi connectivity index (χ1v) is 8.59. The van der Waals surface area contributed by atoms with E-state index in [0.29, 0.717) is 18.8 Å². The Kier molecular flexibility index (Phi) is 4.06. The highest BCUT2D eigenvalue weighted by atomic mass is 16.5. The third-order valence-corrected chi connectivity index (χ3v) is 4.58. The summed E-state index contributed by atoms with van der Waals surface area (Å²) in [5, 5.41) is 7.63. The highest BCUT2D eigenvalue weighted by Gasteiger charge is 2.27. The van der Waals surface area contributed by atoms with Gasteiger partial charge in [0.05, 0.1) is 12.3 Å². The van der Waals surface area contributed by atoms with Crippen LogP contribution >= 0.6 is 0 Å². The van der Waals surface area contributed by atoms with E-state index in [-0.39, 0.29) is 12.0 Å². The molecule has 126 valence electrons. The number of rotatable bonds is 5. The summed E-state index contributed by atoms with van der Waals surface area (Å²) in [6.45, 7) is 3.96. The van der Waals surface area contributed by atoms with Crippen LogP contribution in [0.5, 0.6) is 0 Å². The summed E-state index contributed by atoms with van der Waals surface area (Å²) in [6, 6.07) is 5.44. The number of ether oxygens (including phenoxy) is 1. The topological polar surface area (TPSA) is 69.0 Å². The van der Waals surface area contributed by atoms with Crippen molar-refractivity contribution in [3.63, 3.8) is 0 Å². The van der Waals surface area contributed by atoms with Crippen LogP contribution in [0.2, 0.25) is 0 Å². The smallest absolute Gasteiger partial charge is 0.269 e. The molecule has 24 heavy (non-hydrogen) atoms. The number of hydrogen-bond acceptors (Lipinski definition) is 4. The normalized spacial score (nSPS) is 19.8. The van der Waals surface area contributed by atoms with E-state index in [0.717, 1.165) is 30.3 Å². The predicted octanol–water partition coefficient (Wildman–Crippen LogP) is 2.04. The molecule has 0 saturated heterocycles. The van der Waals surface area contributed by atoms with Crippen molar-refractivity contribution < 1.29 is 9.53 Å². The third kappa shape index (κ3) is 3.33. The van der Waals surface area contributed by atoms with E-state index in [9.17, 15) is 4.79 Å². The Labute approximate surface area is 141 Å². The number of fused-ring (bicyclic) bond motifs is 1. The molecule has 1 atom stereocenters. The molecule has 3 heterocycles. The highest BCUT2D eigenvalue weighted by molar-refractivity contribution is 5.92. The Hall–Kier alpha value is -2.21. The second-order valence-corrected chi connectivity index (χ2v) is 6.69. The summed E-state index contributed by atoms with van der Waals surface area (Å²) < 4.78 is 7.89. The van der Waals surface area contributed by atoms with Gasteiger partial charge in [0, 0.05) is 25.0 Å². The standard InChI is InChI=1S/C18H22N4O2/c1-12-3-2-4-15(20-12)18(23)19-9-16-17-14(7-8-24-16)11-22(21-17)10-13-5-6-13/h2-4,11,13,16H,5-10H2,1H3,(H,19,23). The molecule has 0 spiro atoms. The fourth-order valence-electron chi connectivity index (χ4n) is 3.09. The van der Waals surface area contributed by atoms with Crippen LogP contribution in [0.15, 0.2) is 24.4 Å². The average Bonchev–Trinajstić information content (AvgIpc) is 3.29. The number of amides is 1. The Morgan fingerprint density at radius 1 is 1.42 bits per heavy atom. The molecule has 1 amide bonds. The molecular formula is C18H22N4O2. The molecule has 2 aliphatic rings. The lowest BCUT2D eigenvalue weighted by atomic mass is 10.1. The van der Waals surface area contributed by atoms with Crippen LogP contribution in [-0.2, 0) is 17.7 Å². The lowest BCUT2D eigenvalue weighted by Crippen LogP contribution is -2.32. The number of nitrogens with zero attached hydrogens (tertiary/aromatic N) is 3. The van der Waals surface area contributed by atoms with Crippen molar-refractivity contribution in [3.05, 3.63) is 47.0 Å². The van der Waals surface area contributed by atoms with E-state index in [1.807, 2.05) is 23.7 Å². The van der Waals surface area contributed by atoms with Gasteiger partial charge >= 0.3 is 0 Å². The van der Waals surface area contributed by atoms with Gasteiger partial charge in [-0.3, -0.25) is 9.48 Å². The molecule has 0 bridgehead atoms. The van der Waals surface area contributed by atoms with Crippen LogP contribution < -0.4 is 5.32 Å². The quantitative estimate of drug-likeness (QED) is 0.913. The zero-order valence-corrected chi connectivity index (χ0v) is 13.9. The van der Waals surface area contributed by atoms with Crippen LogP contribution in [0.1, 0.15) is 46.4 Å². The molecule has 1 fully saturated rings. The van der Waals surface area contributed by atoms with Gasteiger partial charge in [0.1, 0.15) is 11.8 Å². The summed E-state index contributed by atoms with van der Waals surface area (Å²) in [5.74, 6) is 0.615. The van der Waals surface area contributed by atoms with Crippen LogP contribution in [0, 0.1) is 12.8 Å². The average molecular weight is 326 g/mol. The lowest BCUT2D eigenvalue weighted by Gasteiger charge is -2.22. The zero-order chi connectivity index (χ0) is 16.5. The van der Waals surface area contributed by atoms with E-state index in [2.05, 4.69) is 16.5 Å². The Bertz CT molecular complexity index is 751. The first kappa shape index (κ1) is 15.3. The summed E-state index contributed by atoms with van der Waals surface area (Å²) >= 11 is 0. The fourth-order valence-corrected chi connectivity index (χ4v) is 3.09. The summed E-state index contributed by atoms with van der Waals surface area (Å²) in [5.41, 5.74) is 3.48. The molecule has 6 heteroatoms. The second-order valence-electron chi connectivity index (χ2n) is 6.69. The van der Waals surface area contributed by atoms with E-state index in [1.54, 1.807) is 6.07 Å². The van der Waals surface area contributed by atoms with E-state index in [4.69, 9.17) is 9.84 Å². The minimum Gasteiger partial charge on any atom is -0.370 e. The van der Waals surface area contributed by atoms with Crippen molar-refractivity contribution in [3.8, 4) is 0 Å². The third-order valence-electron chi connectivity index (χ3n) is 4.58. The molecule has 1 unspecified atom stereocenters. The Morgan fingerprint density at radius 3 is 3.08 bits per heavy atom. The molecule has 1 saturated carbocycles. The molecule has 6 nitrogen and oxygen atoms in total. The van der Waals surface area contributed by atoms with E-state index >= 15 is 0 Å². The van der Waals surface area contributed by atoms with E-state index in [1.165, 1.54) is 18.4 Å². The van der Waals surface area contributed by atoms with Gasteiger partial charge < -0.3 is 10.1 Å². The van der Waals surface area contributed by atoms with Gasteiger partial charge in [-0.1, -0.05) is 6.07 Å². The van der Waals surface area contributed by atoms with Crippen LogP contribution in [0.3, 0.4) is 0 Å². The van der Waals surface area contributed by atoms with Crippen LogP contribution in [-0.4, -0.2) is 33.8 Å². The number of carbonyl (C=O) groups excluding carboxylic acids is 1. The molecule has 2 aromatic rings. The number of carbonyl (C=O) groups is 1. The molecule has 1 aliphatic carbocycles. The molecule has 1 N–H and O–H groups in total. The molecule has 2 aromatic heterocycles. The SMILES string of the molecule is Cc1cccc(C(=O)NCC2OCCc3cn(CC4CC4)nc32)n1. The minimum atomic E-state index is -0.178. The monoisotopic (exact) mass is 326 g/mol. The first-order chi connectivity index (χ1) is 11.7. The molecule has 0 radical (unpaired) electrons. The van der Waals surface area contributed by atoms with Gasteiger partial charge in [-0.15, -0.1) is 0 Å². The predicted molar refractivity (Wildman–Crippen MR) is 88.7 cm³/mol. The summed E-state index contributed by atoms with van der Waals surface area (Å²) in [4.78, 5) is 16.5. The van der Waals surface area contributed by atoms with Crippen molar-refractivity contribution in [2.24, 2.45) is 5.92 Å². The Morgan fingerprint density at radius 2 is 2.29 bits per heavy atom. The minimum absolute atomic E-state index is 0.174. The highest BCUT2D eigenvalue weighted by Crippen LogP contribution is 2.32. The van der Waals surface area contributed by atoms with Crippen molar-refractivity contribution in [1.29, 1.82) is 0 Å². The van der Waals surface area contributed by atoms with Crippen LogP contribution in [0.25, 0.3) is 0 Å². The number of nitrogens with one attached hydrogen (secondary N) is 1. The molecule has 1 aliphatic heterocycles. The van der Waals surface area contributed by atoms with Gasteiger partial charge in [-0.2, -0.15) is 5.10 Å². The summed E-state index contributed by atoms with van der Waals surface area (Å²) in [6.07, 6.45) is 5.48. The summed E-state index contributed by atoms with van der Waals surface area (Å²) in [7, 11) is 0. The number of hydrogen-bond donors (Lipinski definition) is 1. The number of aromatic nitrogens is 3. The zero-order valence-electron chi connectivity index (χ0n) is 13.9. The van der Waals surface area contributed by atoms with Gasteiger partial charge in [0.25, 0.3) is 5.91 Å². The number of pyridine rings is 1. The van der Waals surface area contributed by atoms with Gasteiger partial charge in [0.15, 0.2) is 0 Å². The van der Waals surface area contributed by atoms with E-state index < -0.39 is 0 Å². The van der Waals surface area contributed by atoms with Crippen LogP contribution in [0.4, 0.5) is 0 Å². The maximum absolute atomic E-state index is 12.3. The Balaban J connectivity index is 1.42. The number of aryl methyl sites for hydroxylation is 1. The van der Waals surface area contributed by atoms with Crippen molar-refractivity contribution in [2.45, 2.75) is 38.8 Å². The van der Waals surface area contributed by atoms with Crippen molar-refractivity contribution in [2.75, 3.05) is 13.2 Å². The fraction of sp³-hybridized carbons (Fsp3) is 0.500. The maximum Gasteiger partial charge on any atom is 0.269 e. The largest absolute Gasteiger partial charge is 0.370 e. The van der Waals surface area contributed by atoms with Gasteiger partial charge in [0.2, 0.25) is 0 Å². The van der Waals surface area contributed by atoms with Gasteiger partial charge in [-0.05, 0) is 49.8 Å².